The summed E-state index contributed by atoms with van der Waals surface area (Å²) in [5, 5.41) is 38.2. The Morgan fingerprint density at radius 1 is 1.15 bits per heavy atom. The van der Waals surface area contributed by atoms with Gasteiger partial charge in [-0.2, -0.15) is 0 Å². The molecule has 0 bridgehead atoms. The fraction of sp³-hybridized carbons (Fsp3) is 0.833. The SMILES string of the molecule is O=C([C@@H]1OC(O)(C(=O)O)CC(O)[C@H]1O)N1CCCCC1. The summed E-state index contributed by atoms with van der Waals surface area (Å²) in [6, 6.07) is 0. The topological polar surface area (TPSA) is 128 Å². The monoisotopic (exact) mass is 289 g/mol. The van der Waals surface area contributed by atoms with Crippen LogP contribution in [0.15, 0.2) is 0 Å². The number of hydrogen-bond acceptors (Lipinski definition) is 6. The van der Waals surface area contributed by atoms with Crippen molar-refractivity contribution in [2.75, 3.05) is 13.1 Å². The number of aliphatic hydroxyl groups excluding tert-OH is 2. The maximum Gasteiger partial charge on any atom is 0.364 e. The minimum atomic E-state index is -2.66. The van der Waals surface area contributed by atoms with Gasteiger partial charge in [0.2, 0.25) is 0 Å². The molecule has 2 unspecified atom stereocenters. The van der Waals surface area contributed by atoms with Gasteiger partial charge in [0.25, 0.3) is 11.7 Å². The van der Waals surface area contributed by atoms with Crippen LogP contribution in [0, 0.1) is 0 Å². The van der Waals surface area contributed by atoms with Crippen molar-refractivity contribution in [2.45, 2.75) is 49.8 Å². The van der Waals surface area contributed by atoms with Crippen molar-refractivity contribution in [3.8, 4) is 0 Å². The number of carbonyl (C=O) groups is 2. The molecule has 0 saturated carbocycles. The maximum absolute atomic E-state index is 12.2. The van der Waals surface area contributed by atoms with E-state index >= 15 is 0 Å². The number of hydrogen-bond donors (Lipinski definition) is 4. The lowest BCUT2D eigenvalue weighted by molar-refractivity contribution is -0.289. The summed E-state index contributed by atoms with van der Waals surface area (Å²) < 4.78 is 4.89. The van der Waals surface area contributed by atoms with Crippen molar-refractivity contribution in [1.82, 2.24) is 4.90 Å². The maximum atomic E-state index is 12.2. The molecular formula is C12H19NO7. The van der Waals surface area contributed by atoms with Crippen LogP contribution in [0.1, 0.15) is 25.7 Å². The number of piperidine rings is 1. The van der Waals surface area contributed by atoms with E-state index in [-0.39, 0.29) is 0 Å². The summed E-state index contributed by atoms with van der Waals surface area (Å²) in [4.78, 5) is 24.7. The zero-order valence-electron chi connectivity index (χ0n) is 10.9. The number of ether oxygens (including phenoxy) is 1. The van der Waals surface area contributed by atoms with Gasteiger partial charge in [-0.15, -0.1) is 0 Å². The van der Waals surface area contributed by atoms with Crippen LogP contribution in [0.2, 0.25) is 0 Å². The third-order valence-corrected chi connectivity index (χ3v) is 3.76. The second kappa shape index (κ2) is 5.65. The van der Waals surface area contributed by atoms with E-state index in [2.05, 4.69) is 0 Å². The molecule has 0 aliphatic carbocycles. The average Bonchev–Trinajstić information content (AvgIpc) is 2.43. The second-order valence-corrected chi connectivity index (χ2v) is 5.28. The van der Waals surface area contributed by atoms with Crippen LogP contribution in [0.25, 0.3) is 0 Å². The van der Waals surface area contributed by atoms with Crippen LogP contribution in [0.4, 0.5) is 0 Å². The molecular weight excluding hydrogens is 270 g/mol. The number of carboxylic acid groups (broad SMARTS) is 1. The highest BCUT2D eigenvalue weighted by Gasteiger charge is 2.53. The molecule has 0 radical (unpaired) electrons. The molecule has 0 aromatic heterocycles. The van der Waals surface area contributed by atoms with E-state index in [1.165, 1.54) is 4.90 Å². The minimum absolute atomic E-state index is 0.493. The first-order chi connectivity index (χ1) is 9.35. The molecule has 2 saturated heterocycles. The largest absolute Gasteiger partial charge is 0.477 e. The molecule has 2 aliphatic rings. The highest BCUT2D eigenvalue weighted by molar-refractivity contribution is 5.83. The molecule has 4 atom stereocenters. The fourth-order valence-corrected chi connectivity index (χ4v) is 2.56. The second-order valence-electron chi connectivity index (χ2n) is 5.28. The third kappa shape index (κ3) is 2.78. The molecule has 2 rings (SSSR count). The van der Waals surface area contributed by atoms with E-state index in [1.54, 1.807) is 0 Å². The number of carbonyl (C=O) groups excluding carboxylic acids is 1. The summed E-state index contributed by atoms with van der Waals surface area (Å²) >= 11 is 0. The number of likely N-dealkylation sites (tertiary alicyclic amines) is 1. The molecule has 4 N–H and O–H groups in total. The molecule has 0 spiro atoms. The van der Waals surface area contributed by atoms with Crippen LogP contribution < -0.4 is 0 Å². The van der Waals surface area contributed by atoms with Crippen molar-refractivity contribution in [1.29, 1.82) is 0 Å². The molecule has 2 aliphatic heterocycles. The first kappa shape index (κ1) is 15.2. The normalized spacial score (nSPS) is 38.5. The lowest BCUT2D eigenvalue weighted by atomic mass is 9.94. The van der Waals surface area contributed by atoms with Crippen molar-refractivity contribution < 1.29 is 34.8 Å². The standard InChI is InChI=1S/C12H19NO7/c14-7-6-12(19,11(17)18)20-9(8(7)15)10(16)13-4-2-1-3-5-13/h7-9,14-15,19H,1-6H2,(H,17,18)/t7?,8-,9-,12?/m1/s1. The van der Waals surface area contributed by atoms with Crippen LogP contribution in [0.5, 0.6) is 0 Å². The fourth-order valence-electron chi connectivity index (χ4n) is 2.56. The smallest absolute Gasteiger partial charge is 0.364 e. The molecule has 2 fully saturated rings. The van der Waals surface area contributed by atoms with Gasteiger partial charge in [-0.05, 0) is 19.3 Å². The predicted octanol–water partition coefficient (Wildman–Crippen LogP) is -1.72. The van der Waals surface area contributed by atoms with Crippen LogP contribution in [-0.4, -0.2) is 74.4 Å². The quantitative estimate of drug-likeness (QED) is 0.476. The summed E-state index contributed by atoms with van der Waals surface area (Å²) in [5.41, 5.74) is 0. The van der Waals surface area contributed by atoms with E-state index in [0.29, 0.717) is 13.1 Å². The molecule has 8 heteroatoms. The van der Waals surface area contributed by atoms with Gasteiger partial charge in [0.1, 0.15) is 6.10 Å². The predicted molar refractivity (Wildman–Crippen MR) is 64.5 cm³/mol. The molecule has 8 nitrogen and oxygen atoms in total. The zero-order valence-corrected chi connectivity index (χ0v) is 10.9. The molecule has 1 amide bonds. The lowest BCUT2D eigenvalue weighted by Crippen LogP contribution is -2.62. The van der Waals surface area contributed by atoms with Crippen molar-refractivity contribution in [3.05, 3.63) is 0 Å². The zero-order chi connectivity index (χ0) is 14.9. The van der Waals surface area contributed by atoms with Crippen LogP contribution in [-0.2, 0) is 14.3 Å². The van der Waals surface area contributed by atoms with E-state index in [0.717, 1.165) is 19.3 Å². The molecule has 0 aromatic carbocycles. The van der Waals surface area contributed by atoms with E-state index < -0.39 is 42.4 Å². The van der Waals surface area contributed by atoms with Gasteiger partial charge in [0, 0.05) is 19.5 Å². The Bertz CT molecular complexity index is 395. The van der Waals surface area contributed by atoms with Crippen molar-refractivity contribution >= 4 is 11.9 Å². The van der Waals surface area contributed by atoms with E-state index in [9.17, 15) is 24.9 Å². The highest BCUT2D eigenvalue weighted by atomic mass is 16.7. The Labute approximate surface area is 115 Å². The van der Waals surface area contributed by atoms with Gasteiger partial charge in [0.15, 0.2) is 6.10 Å². The minimum Gasteiger partial charge on any atom is -0.477 e. The van der Waals surface area contributed by atoms with E-state index in [1.807, 2.05) is 0 Å². The van der Waals surface area contributed by atoms with Gasteiger partial charge in [0.05, 0.1) is 6.10 Å². The molecule has 20 heavy (non-hydrogen) atoms. The van der Waals surface area contributed by atoms with Crippen LogP contribution >= 0.6 is 0 Å². The molecule has 0 aromatic rings. The first-order valence-corrected chi connectivity index (χ1v) is 6.63. The highest BCUT2D eigenvalue weighted by Crippen LogP contribution is 2.29. The van der Waals surface area contributed by atoms with Gasteiger partial charge >= 0.3 is 5.97 Å². The Kier molecular flexibility index (Phi) is 4.28. The number of rotatable bonds is 2. The Hall–Kier alpha value is -1.22. The average molecular weight is 289 g/mol. The third-order valence-electron chi connectivity index (χ3n) is 3.76. The van der Waals surface area contributed by atoms with Gasteiger partial charge in [-0.1, -0.05) is 0 Å². The summed E-state index contributed by atoms with van der Waals surface area (Å²) in [6.07, 6.45) is -2.71. The number of amides is 1. The number of aliphatic hydroxyl groups is 3. The Morgan fingerprint density at radius 3 is 2.30 bits per heavy atom. The first-order valence-electron chi connectivity index (χ1n) is 6.63. The molecule has 2 heterocycles. The molecule has 114 valence electrons. The van der Waals surface area contributed by atoms with Gasteiger partial charge in [-0.25, -0.2) is 4.79 Å². The Balaban J connectivity index is 2.15. The Morgan fingerprint density at radius 2 is 1.75 bits per heavy atom. The van der Waals surface area contributed by atoms with Gasteiger partial charge in [-0.3, -0.25) is 4.79 Å². The summed E-state index contributed by atoms with van der Waals surface area (Å²) in [5.74, 6) is -4.95. The number of aliphatic carboxylic acids is 1. The lowest BCUT2D eigenvalue weighted by Gasteiger charge is -2.41. The summed E-state index contributed by atoms with van der Waals surface area (Å²) in [6.45, 7) is 0.986. The summed E-state index contributed by atoms with van der Waals surface area (Å²) in [7, 11) is 0. The van der Waals surface area contributed by atoms with Crippen LogP contribution in [0.3, 0.4) is 0 Å². The number of nitrogens with zero attached hydrogens (tertiary/aromatic N) is 1. The van der Waals surface area contributed by atoms with Crippen molar-refractivity contribution in [2.24, 2.45) is 0 Å². The van der Waals surface area contributed by atoms with Gasteiger partial charge < -0.3 is 30.1 Å². The van der Waals surface area contributed by atoms with E-state index in [4.69, 9.17) is 9.84 Å². The number of carboxylic acids is 1. The van der Waals surface area contributed by atoms with Crippen molar-refractivity contribution in [3.63, 3.8) is 0 Å².